The molecule has 1 unspecified atom stereocenters. The van der Waals surface area contributed by atoms with E-state index in [4.69, 9.17) is 0 Å². The molecule has 1 nitrogen and oxygen atoms in total. The predicted octanol–water partition coefficient (Wildman–Crippen LogP) is 3.96. The van der Waals surface area contributed by atoms with Crippen molar-refractivity contribution >= 4 is 0 Å². The first-order chi connectivity index (χ1) is 10.5. The molecule has 2 heteroatoms. The van der Waals surface area contributed by atoms with Crippen LogP contribution in [0.5, 0.6) is 0 Å². The molecule has 23 heavy (non-hydrogen) atoms. The molecule has 0 N–H and O–H groups in total. The van der Waals surface area contributed by atoms with E-state index >= 15 is 0 Å². The van der Waals surface area contributed by atoms with Crippen LogP contribution in [-0.4, -0.2) is 31.7 Å². The summed E-state index contributed by atoms with van der Waals surface area (Å²) >= 11 is 0. The molecule has 0 aliphatic carbocycles. The molecule has 0 amide bonds. The largest absolute Gasteiger partial charge is 1.00 e. The van der Waals surface area contributed by atoms with Crippen LogP contribution in [0.2, 0.25) is 0 Å². The Labute approximate surface area is 154 Å². The molecule has 0 aromatic carbocycles. The van der Waals surface area contributed by atoms with Crippen molar-refractivity contribution in [1.29, 1.82) is 0 Å². The van der Waals surface area contributed by atoms with E-state index in [2.05, 4.69) is 35.0 Å². The second kappa shape index (κ2) is 17.1. The zero-order valence-corrected chi connectivity index (χ0v) is 17.8. The fourth-order valence-corrected chi connectivity index (χ4v) is 3.42. The number of hydrogen-bond donors (Lipinski definition) is 0. The Morgan fingerprint density at radius 1 is 0.522 bits per heavy atom. The van der Waals surface area contributed by atoms with Gasteiger partial charge < -0.3 is 16.9 Å². The van der Waals surface area contributed by atoms with E-state index in [0.29, 0.717) is 0 Å². The molecule has 0 aromatic rings. The first-order valence-corrected chi connectivity index (χ1v) is 10.3. The third-order valence-corrected chi connectivity index (χ3v) is 5.13. The number of hydrogen-bond acceptors (Lipinski definition) is 0. The lowest BCUT2D eigenvalue weighted by atomic mass is 9.98. The van der Waals surface area contributed by atoms with Gasteiger partial charge >= 0.3 is 0 Å². The van der Waals surface area contributed by atoms with Crippen molar-refractivity contribution in [3.63, 3.8) is 0 Å². The molecule has 0 aromatic heterocycles. The highest BCUT2D eigenvalue weighted by atomic mass is 35.5. The summed E-state index contributed by atoms with van der Waals surface area (Å²) in [5.41, 5.74) is 0. The summed E-state index contributed by atoms with van der Waals surface area (Å²) in [6.45, 7) is 4.60. The highest BCUT2D eigenvalue weighted by molar-refractivity contribution is 4.60. The standard InChI is InChI=1S/C21H46N.ClH/c1-6-8-10-12-14-16-18-20-21(22(3,4)5)19-17-15-13-11-9-7-2;/h21H,6-20H2,1-5H3;1H/q+1;/p-1. The molecular weight excluding hydrogens is 302 g/mol. The van der Waals surface area contributed by atoms with E-state index in [0.717, 1.165) is 10.5 Å². The summed E-state index contributed by atoms with van der Waals surface area (Å²) < 4.78 is 1.16. The Bertz CT molecular complexity index is 222. The number of rotatable bonds is 16. The molecule has 0 radical (unpaired) electrons. The van der Waals surface area contributed by atoms with Gasteiger partial charge in [0.15, 0.2) is 0 Å². The van der Waals surface area contributed by atoms with Crippen LogP contribution in [0.4, 0.5) is 0 Å². The lowest BCUT2D eigenvalue weighted by Crippen LogP contribution is -3.00. The molecule has 0 heterocycles. The zero-order valence-electron chi connectivity index (χ0n) is 17.0. The topological polar surface area (TPSA) is 0 Å². The average molecular weight is 348 g/mol. The fraction of sp³-hybridized carbons (Fsp3) is 1.00. The summed E-state index contributed by atoms with van der Waals surface area (Å²) in [7, 11) is 7.18. The number of halogens is 1. The van der Waals surface area contributed by atoms with Crippen LogP contribution < -0.4 is 12.4 Å². The third kappa shape index (κ3) is 16.9. The van der Waals surface area contributed by atoms with E-state index < -0.39 is 0 Å². The van der Waals surface area contributed by atoms with Crippen LogP contribution >= 0.6 is 0 Å². The van der Waals surface area contributed by atoms with Crippen molar-refractivity contribution in [2.75, 3.05) is 21.1 Å². The van der Waals surface area contributed by atoms with Crippen molar-refractivity contribution in [1.82, 2.24) is 0 Å². The van der Waals surface area contributed by atoms with E-state index in [1.54, 1.807) is 0 Å². The Kier molecular flexibility index (Phi) is 18.9. The van der Waals surface area contributed by atoms with Crippen LogP contribution in [-0.2, 0) is 0 Å². The summed E-state index contributed by atoms with van der Waals surface area (Å²) in [5.74, 6) is 0. The second-order valence-corrected chi connectivity index (χ2v) is 8.24. The van der Waals surface area contributed by atoms with Gasteiger partial charge in [0.2, 0.25) is 0 Å². The minimum Gasteiger partial charge on any atom is -1.00 e. The van der Waals surface area contributed by atoms with Gasteiger partial charge in [0, 0.05) is 0 Å². The van der Waals surface area contributed by atoms with Crippen LogP contribution in [0.25, 0.3) is 0 Å². The molecule has 0 rings (SSSR count). The number of quaternary nitrogens is 1. The molecule has 0 spiro atoms. The van der Waals surface area contributed by atoms with Gasteiger partial charge in [-0.2, -0.15) is 0 Å². The van der Waals surface area contributed by atoms with Gasteiger partial charge in [0.1, 0.15) is 0 Å². The normalized spacial score (nSPS) is 12.9. The first-order valence-electron chi connectivity index (χ1n) is 10.3. The van der Waals surface area contributed by atoms with Gasteiger partial charge in [0.25, 0.3) is 0 Å². The number of nitrogens with zero attached hydrogens (tertiary/aromatic N) is 1. The second-order valence-electron chi connectivity index (χ2n) is 8.24. The third-order valence-electron chi connectivity index (χ3n) is 5.13. The highest BCUT2D eigenvalue weighted by Crippen LogP contribution is 2.20. The summed E-state index contributed by atoms with van der Waals surface area (Å²) in [5, 5.41) is 0. The van der Waals surface area contributed by atoms with Gasteiger partial charge in [-0.1, -0.05) is 84.5 Å². The van der Waals surface area contributed by atoms with Crippen LogP contribution in [0.15, 0.2) is 0 Å². The molecule has 0 fully saturated rings. The van der Waals surface area contributed by atoms with E-state index in [-0.39, 0.29) is 12.4 Å². The predicted molar refractivity (Wildman–Crippen MR) is 102 cm³/mol. The molecular formula is C21H46ClN. The molecule has 0 saturated carbocycles. The SMILES string of the molecule is CCCCCCCCCC(CCCCCCCC)[N+](C)(C)C.[Cl-]. The maximum Gasteiger partial charge on any atom is 0.0884 e. The van der Waals surface area contributed by atoms with Crippen molar-refractivity contribution in [3.05, 3.63) is 0 Å². The number of unbranched alkanes of at least 4 members (excludes halogenated alkanes) is 11. The van der Waals surface area contributed by atoms with Crippen molar-refractivity contribution in [3.8, 4) is 0 Å². The van der Waals surface area contributed by atoms with Gasteiger partial charge in [-0.15, -0.1) is 0 Å². The van der Waals surface area contributed by atoms with Crippen LogP contribution in [0.3, 0.4) is 0 Å². The first kappa shape index (κ1) is 25.5. The summed E-state index contributed by atoms with van der Waals surface area (Å²) in [4.78, 5) is 0. The lowest BCUT2D eigenvalue weighted by Gasteiger charge is -2.34. The van der Waals surface area contributed by atoms with Gasteiger partial charge in [-0.25, -0.2) is 0 Å². The van der Waals surface area contributed by atoms with Gasteiger partial charge in [0.05, 0.1) is 27.2 Å². The van der Waals surface area contributed by atoms with E-state index in [1.807, 2.05) is 0 Å². The van der Waals surface area contributed by atoms with Crippen LogP contribution in [0, 0.1) is 0 Å². The summed E-state index contributed by atoms with van der Waals surface area (Å²) in [6.07, 6.45) is 21.5. The van der Waals surface area contributed by atoms with Gasteiger partial charge in [-0.05, 0) is 25.7 Å². The van der Waals surface area contributed by atoms with E-state index in [9.17, 15) is 0 Å². The average Bonchev–Trinajstić information content (AvgIpc) is 2.46. The van der Waals surface area contributed by atoms with Crippen molar-refractivity contribution in [2.24, 2.45) is 0 Å². The Morgan fingerprint density at radius 2 is 0.826 bits per heavy atom. The fourth-order valence-electron chi connectivity index (χ4n) is 3.42. The molecule has 0 aliphatic rings. The Balaban J connectivity index is 0. The molecule has 0 aliphatic heterocycles. The monoisotopic (exact) mass is 347 g/mol. The lowest BCUT2D eigenvalue weighted by molar-refractivity contribution is -0.896. The maximum atomic E-state index is 2.39. The molecule has 0 saturated heterocycles. The summed E-state index contributed by atoms with van der Waals surface area (Å²) in [6, 6.07) is 0.877. The maximum absolute atomic E-state index is 2.39. The quantitative estimate of drug-likeness (QED) is 0.293. The minimum atomic E-state index is 0. The van der Waals surface area contributed by atoms with E-state index in [1.165, 1.54) is 96.3 Å². The van der Waals surface area contributed by atoms with Crippen molar-refractivity contribution < 1.29 is 16.9 Å². The minimum absolute atomic E-state index is 0. The van der Waals surface area contributed by atoms with Crippen molar-refractivity contribution in [2.45, 2.75) is 116 Å². The van der Waals surface area contributed by atoms with Crippen LogP contribution in [0.1, 0.15) is 110 Å². The Hall–Kier alpha value is 0.250. The Morgan fingerprint density at radius 3 is 1.13 bits per heavy atom. The highest BCUT2D eigenvalue weighted by Gasteiger charge is 2.22. The van der Waals surface area contributed by atoms with Gasteiger partial charge in [-0.3, -0.25) is 0 Å². The molecule has 142 valence electrons. The molecule has 1 atom stereocenters. The smallest absolute Gasteiger partial charge is 0.0884 e. The zero-order chi connectivity index (χ0) is 16.7. The molecule has 0 bridgehead atoms.